The van der Waals surface area contributed by atoms with E-state index >= 15 is 0 Å². The van der Waals surface area contributed by atoms with Gasteiger partial charge in [0.25, 0.3) is 0 Å². The highest BCUT2D eigenvalue weighted by atomic mass is 79.9. The number of morpholine rings is 1. The van der Waals surface area contributed by atoms with E-state index in [9.17, 15) is 9.59 Å². The summed E-state index contributed by atoms with van der Waals surface area (Å²) < 4.78 is 6.41. The number of amides is 2. The van der Waals surface area contributed by atoms with E-state index in [0.29, 0.717) is 31.3 Å². The highest BCUT2D eigenvalue weighted by Gasteiger charge is 2.66. The predicted octanol–water partition coefficient (Wildman–Crippen LogP) is 4.71. The molecule has 35 heavy (non-hydrogen) atoms. The van der Waals surface area contributed by atoms with Crippen LogP contribution in [0.25, 0.3) is 0 Å². The van der Waals surface area contributed by atoms with Gasteiger partial charge in [0.1, 0.15) is 5.41 Å². The van der Waals surface area contributed by atoms with Gasteiger partial charge in [0.2, 0.25) is 11.8 Å². The van der Waals surface area contributed by atoms with Crippen LogP contribution in [0.1, 0.15) is 44.2 Å². The molecule has 4 unspecified atom stereocenters. The second-order valence-corrected chi connectivity index (χ2v) is 12.3. The fraction of sp³-hybridized carbons (Fsp3) is 0.481. The number of rotatable bonds is 3. The lowest BCUT2D eigenvalue weighted by Crippen LogP contribution is -2.51. The summed E-state index contributed by atoms with van der Waals surface area (Å²) in [5.74, 6) is -0.465. The zero-order valence-corrected chi connectivity index (χ0v) is 22.6. The molecule has 2 fully saturated rings. The fourth-order valence-corrected chi connectivity index (χ4v) is 6.68. The molecule has 3 aliphatic heterocycles. The molecule has 0 aromatic heterocycles. The van der Waals surface area contributed by atoms with Crippen LogP contribution in [0.2, 0.25) is 5.02 Å². The molecule has 2 amide bonds. The first-order chi connectivity index (χ1) is 16.6. The molecule has 2 aromatic carbocycles. The number of nitrogens with zero attached hydrogens (tertiary/aromatic N) is 1. The summed E-state index contributed by atoms with van der Waals surface area (Å²) in [6, 6.07) is 12.8. The minimum absolute atomic E-state index is 0.0178. The minimum atomic E-state index is -0.958. The normalized spacial score (nSPS) is 28.3. The zero-order chi connectivity index (χ0) is 25.0. The zero-order valence-electron chi connectivity index (χ0n) is 20.2. The number of benzene rings is 2. The van der Waals surface area contributed by atoms with E-state index in [-0.39, 0.29) is 23.3 Å². The molecule has 0 bridgehead atoms. The van der Waals surface area contributed by atoms with Gasteiger partial charge in [-0.3, -0.25) is 9.59 Å². The number of nitrogens with one attached hydrogen (secondary N) is 2. The summed E-state index contributed by atoms with van der Waals surface area (Å²) in [5.41, 5.74) is 1.55. The second kappa shape index (κ2) is 9.18. The average molecular weight is 561 g/mol. The van der Waals surface area contributed by atoms with E-state index < -0.39 is 17.4 Å². The third-order valence-electron chi connectivity index (χ3n) is 7.42. The first-order valence-corrected chi connectivity index (χ1v) is 13.3. The van der Waals surface area contributed by atoms with Crippen LogP contribution in [0.5, 0.6) is 0 Å². The van der Waals surface area contributed by atoms with Crippen LogP contribution in [-0.4, -0.2) is 55.1 Å². The molecule has 1 spiro atoms. The molecule has 3 heterocycles. The van der Waals surface area contributed by atoms with Crippen molar-refractivity contribution in [2.24, 2.45) is 5.41 Å². The Balaban J connectivity index is 1.72. The van der Waals surface area contributed by atoms with Crippen LogP contribution in [-0.2, 0) is 19.7 Å². The van der Waals surface area contributed by atoms with E-state index in [1.54, 1.807) is 0 Å². The number of hydrogen-bond donors (Lipinski definition) is 2. The van der Waals surface area contributed by atoms with Crippen LogP contribution >= 0.6 is 27.5 Å². The molecule has 2 saturated heterocycles. The maximum atomic E-state index is 14.1. The maximum Gasteiger partial charge on any atom is 0.240 e. The number of carbonyl (C=O) groups excluding carboxylic acids is 2. The Kier molecular flexibility index (Phi) is 6.49. The number of halogens is 2. The van der Waals surface area contributed by atoms with Gasteiger partial charge in [-0.05, 0) is 47.2 Å². The van der Waals surface area contributed by atoms with Crippen molar-refractivity contribution in [2.45, 2.75) is 50.6 Å². The van der Waals surface area contributed by atoms with Gasteiger partial charge in [0.15, 0.2) is 0 Å². The van der Waals surface area contributed by atoms with Gasteiger partial charge < -0.3 is 20.3 Å². The Morgan fingerprint density at radius 3 is 2.63 bits per heavy atom. The van der Waals surface area contributed by atoms with Crippen LogP contribution in [0.4, 0.5) is 5.69 Å². The smallest absolute Gasteiger partial charge is 0.240 e. The highest BCUT2D eigenvalue weighted by Crippen LogP contribution is 2.57. The van der Waals surface area contributed by atoms with Crippen LogP contribution in [0.3, 0.4) is 0 Å². The van der Waals surface area contributed by atoms with Crippen LogP contribution < -0.4 is 10.6 Å². The number of ether oxygens (including phenoxy) is 1. The van der Waals surface area contributed by atoms with Crippen molar-refractivity contribution in [1.29, 1.82) is 0 Å². The van der Waals surface area contributed by atoms with E-state index in [1.807, 2.05) is 47.4 Å². The lowest BCUT2D eigenvalue weighted by Gasteiger charge is -2.38. The Hall–Kier alpha value is -1.93. The largest absolute Gasteiger partial charge is 0.378 e. The Bertz CT molecular complexity index is 1160. The molecule has 3 aliphatic rings. The molecule has 0 saturated carbocycles. The first kappa shape index (κ1) is 24.8. The summed E-state index contributed by atoms with van der Waals surface area (Å²) >= 11 is 9.93. The summed E-state index contributed by atoms with van der Waals surface area (Å²) in [7, 11) is 0. The van der Waals surface area contributed by atoms with Crippen molar-refractivity contribution in [3.8, 4) is 0 Å². The summed E-state index contributed by atoms with van der Waals surface area (Å²) in [4.78, 5) is 30.0. The molecule has 186 valence electrons. The Morgan fingerprint density at radius 1 is 1.20 bits per heavy atom. The quantitative estimate of drug-likeness (QED) is 0.570. The standard InChI is InChI=1S/C27H31BrClN3O3/c1-26(2,3)15-21-27(19-8-7-18(29)14-20(19)30-25(27)34)22(16-5-4-6-17(28)13-16)23(31-21)24(33)32-9-11-35-12-10-32/h4-8,13-14,21-23,31H,9-12,15H2,1-3H3,(H,30,34). The average Bonchev–Trinajstić information content (AvgIpc) is 3.27. The van der Waals surface area contributed by atoms with Crippen LogP contribution in [0.15, 0.2) is 46.9 Å². The van der Waals surface area contributed by atoms with Crippen molar-refractivity contribution in [2.75, 3.05) is 31.6 Å². The third kappa shape index (κ3) is 4.31. The van der Waals surface area contributed by atoms with E-state index in [1.165, 1.54) is 0 Å². The van der Waals surface area contributed by atoms with Crippen molar-refractivity contribution >= 4 is 45.0 Å². The Morgan fingerprint density at radius 2 is 1.94 bits per heavy atom. The van der Waals surface area contributed by atoms with Crippen molar-refractivity contribution < 1.29 is 14.3 Å². The molecule has 8 heteroatoms. The molecule has 2 N–H and O–H groups in total. The van der Waals surface area contributed by atoms with Gasteiger partial charge in [-0.1, -0.05) is 66.5 Å². The number of anilines is 1. The van der Waals surface area contributed by atoms with Gasteiger partial charge in [-0.15, -0.1) is 0 Å². The molecular weight excluding hydrogens is 530 g/mol. The van der Waals surface area contributed by atoms with E-state index in [0.717, 1.165) is 27.7 Å². The summed E-state index contributed by atoms with van der Waals surface area (Å²) in [6.07, 6.45) is 0.722. The number of carbonyl (C=O) groups is 2. The molecule has 5 rings (SSSR count). The SMILES string of the molecule is CC(C)(C)CC1NC(C(=O)N2CCOCC2)C(c2cccc(Br)c2)C12C(=O)Nc1cc(Cl)ccc12. The summed E-state index contributed by atoms with van der Waals surface area (Å²) in [5, 5.41) is 7.38. The van der Waals surface area contributed by atoms with Gasteiger partial charge >= 0.3 is 0 Å². The predicted molar refractivity (Wildman–Crippen MR) is 141 cm³/mol. The molecule has 0 radical (unpaired) electrons. The van der Waals surface area contributed by atoms with Crippen molar-refractivity contribution in [3.05, 3.63) is 63.1 Å². The van der Waals surface area contributed by atoms with E-state index in [2.05, 4.69) is 47.3 Å². The van der Waals surface area contributed by atoms with Gasteiger partial charge in [0.05, 0.1) is 19.3 Å². The van der Waals surface area contributed by atoms with Crippen molar-refractivity contribution in [3.63, 3.8) is 0 Å². The molecule has 2 aromatic rings. The first-order valence-electron chi connectivity index (χ1n) is 12.1. The lowest BCUT2D eigenvalue weighted by atomic mass is 9.62. The second-order valence-electron chi connectivity index (χ2n) is 10.9. The van der Waals surface area contributed by atoms with Gasteiger partial charge in [-0.25, -0.2) is 0 Å². The van der Waals surface area contributed by atoms with Gasteiger partial charge in [0, 0.05) is 40.2 Å². The minimum Gasteiger partial charge on any atom is -0.378 e. The molecule has 0 aliphatic carbocycles. The Labute approximate surface area is 219 Å². The topological polar surface area (TPSA) is 70.7 Å². The van der Waals surface area contributed by atoms with Crippen molar-refractivity contribution in [1.82, 2.24) is 10.2 Å². The third-order valence-corrected chi connectivity index (χ3v) is 8.15. The molecule has 6 nitrogen and oxygen atoms in total. The highest BCUT2D eigenvalue weighted by molar-refractivity contribution is 9.10. The van der Waals surface area contributed by atoms with Gasteiger partial charge in [-0.2, -0.15) is 0 Å². The maximum absolute atomic E-state index is 14.1. The molecular formula is C27H31BrClN3O3. The number of fused-ring (bicyclic) bond motifs is 2. The number of hydrogen-bond acceptors (Lipinski definition) is 4. The molecule has 4 atom stereocenters. The fourth-order valence-electron chi connectivity index (χ4n) is 6.09. The lowest BCUT2D eigenvalue weighted by molar-refractivity contribution is -0.137. The summed E-state index contributed by atoms with van der Waals surface area (Å²) in [6.45, 7) is 8.67. The van der Waals surface area contributed by atoms with Crippen LogP contribution in [0, 0.1) is 5.41 Å². The van der Waals surface area contributed by atoms with E-state index in [4.69, 9.17) is 16.3 Å². The monoisotopic (exact) mass is 559 g/mol.